The Kier molecular flexibility index (Phi) is 10.2. The maximum atomic E-state index is 11.4. The minimum absolute atomic E-state index is 0. The van der Waals surface area contributed by atoms with Crippen LogP contribution in [0.5, 0.6) is 0 Å². The Balaban J connectivity index is 0.00000484. The molecule has 42 heavy (non-hydrogen) atoms. The van der Waals surface area contributed by atoms with Crippen molar-refractivity contribution in [3.8, 4) is 12.1 Å². The van der Waals surface area contributed by atoms with Crippen molar-refractivity contribution >= 4 is 33.4 Å². The van der Waals surface area contributed by atoms with Gasteiger partial charge >= 0.3 is 57.4 Å². The number of aromatic amines is 1. The van der Waals surface area contributed by atoms with Crippen molar-refractivity contribution in [2.75, 3.05) is 0 Å². The van der Waals surface area contributed by atoms with Gasteiger partial charge in [-0.2, -0.15) is 20.1 Å². The van der Waals surface area contributed by atoms with Gasteiger partial charge in [0.15, 0.2) is 22.9 Å². The minimum atomic E-state index is -4.55. The van der Waals surface area contributed by atoms with Crippen LogP contribution >= 0.6 is 0 Å². The zero-order valence-corrected chi connectivity index (χ0v) is 27.5. The predicted molar refractivity (Wildman–Crippen MR) is 141 cm³/mol. The predicted octanol–water partition coefficient (Wildman–Crippen LogP) is 0.439. The number of nitrogens with zero attached hydrogens (tertiary/aromatic N) is 9. The minimum Gasteiger partial charge on any atom is -0.744 e. The number of azo groups is 1. The second kappa shape index (κ2) is 12.9. The van der Waals surface area contributed by atoms with E-state index in [1.165, 1.54) is 22.8 Å². The number of aliphatic carboxylic acids is 1. The number of H-pyrrole nitrogens is 1. The van der Waals surface area contributed by atoms with Gasteiger partial charge in [-0.1, -0.05) is 39.8 Å². The Morgan fingerprint density at radius 1 is 1.21 bits per heavy atom. The first-order valence-electron chi connectivity index (χ1n) is 12.3. The van der Waals surface area contributed by atoms with Crippen LogP contribution in [0.4, 0.5) is 11.6 Å². The van der Waals surface area contributed by atoms with Gasteiger partial charge in [0.1, 0.15) is 28.8 Å². The molecule has 1 atom stereocenters. The molecule has 0 aliphatic rings. The summed E-state index contributed by atoms with van der Waals surface area (Å²) in [6.45, 7) is 7.07. The van der Waals surface area contributed by atoms with Gasteiger partial charge in [0.2, 0.25) is 5.65 Å². The van der Waals surface area contributed by atoms with Gasteiger partial charge in [-0.05, 0) is 30.5 Å². The van der Waals surface area contributed by atoms with Gasteiger partial charge < -0.3 is 9.66 Å². The van der Waals surface area contributed by atoms with Crippen LogP contribution in [0.2, 0.25) is 0 Å². The second-order valence-electron chi connectivity index (χ2n) is 10.3. The molecule has 0 saturated carbocycles. The monoisotopic (exact) mass is 616 g/mol. The van der Waals surface area contributed by atoms with E-state index in [-0.39, 0.29) is 79.5 Å². The zero-order valence-electron chi connectivity index (χ0n) is 23.5. The Labute approximate surface area is 283 Å². The number of imidazole rings is 1. The average molecular weight is 617 g/mol. The number of carboxylic acid groups (broad SMARTS) is 1. The molecule has 3 aromatic heterocycles. The van der Waals surface area contributed by atoms with Crippen molar-refractivity contribution in [3.05, 3.63) is 52.7 Å². The smallest absolute Gasteiger partial charge is 0.744 e. The number of rotatable bonds is 9. The summed E-state index contributed by atoms with van der Waals surface area (Å²) in [4.78, 5) is 19.7. The molecule has 4 rings (SSSR count). The third-order valence-corrected chi connectivity index (χ3v) is 7.06. The Hall–Kier alpha value is -3.29. The van der Waals surface area contributed by atoms with Crippen molar-refractivity contribution in [3.63, 3.8) is 0 Å². The van der Waals surface area contributed by atoms with E-state index in [0.717, 1.165) is 4.57 Å². The van der Waals surface area contributed by atoms with Crippen LogP contribution in [0.25, 0.3) is 5.65 Å². The molecule has 212 valence electrons. The summed E-state index contributed by atoms with van der Waals surface area (Å²) in [5.41, 5.74) is 1.01. The van der Waals surface area contributed by atoms with Crippen LogP contribution < -0.4 is 51.4 Å². The van der Waals surface area contributed by atoms with Gasteiger partial charge in [0.25, 0.3) is 5.95 Å². The van der Waals surface area contributed by atoms with E-state index in [1.54, 1.807) is 18.2 Å². The number of fused-ring (bicyclic) bond motifs is 1. The molecule has 0 radical (unpaired) electrons. The normalized spacial score (nSPS) is 12.6. The van der Waals surface area contributed by atoms with E-state index in [0.29, 0.717) is 41.3 Å². The van der Waals surface area contributed by atoms with E-state index in [1.807, 2.05) is 27.7 Å². The number of benzene rings is 1. The Morgan fingerprint density at radius 2 is 1.93 bits per heavy atom. The van der Waals surface area contributed by atoms with Gasteiger partial charge in [-0.25, -0.2) is 13.4 Å². The van der Waals surface area contributed by atoms with E-state index >= 15 is 0 Å². The Morgan fingerprint density at radius 3 is 2.52 bits per heavy atom. The molecule has 15 nitrogen and oxygen atoms in total. The molecule has 0 fully saturated rings. The maximum absolute atomic E-state index is 11.4. The van der Waals surface area contributed by atoms with Crippen molar-refractivity contribution < 1.29 is 74.3 Å². The van der Waals surface area contributed by atoms with E-state index in [9.17, 15) is 33.4 Å². The molecular weight excluding hydrogens is 592 g/mol. The van der Waals surface area contributed by atoms with Crippen LogP contribution in [0, 0.1) is 22.7 Å². The van der Waals surface area contributed by atoms with Crippen LogP contribution in [0.1, 0.15) is 68.5 Å². The quantitative estimate of drug-likeness (QED) is 0.150. The standard InChI is InChI=1S/C25H26N10O5S.K/c1-14(8-9-15-6-5-7-16(10-15)41(38,39)40)22-29-23-20(21(25(2,3)4)32-35(23)33-22)30-31-24-28-17(11-26)18(12-27)34(24)13-19(36)37;/h5-7,10,14,32H,8-9,13H2,1-4H3,(H,36,37)(H,38,39,40);/q;+1/p-1. The fourth-order valence-electron chi connectivity index (χ4n) is 4.11. The summed E-state index contributed by atoms with van der Waals surface area (Å²) in [5, 5.41) is 44.1. The third kappa shape index (κ3) is 7.18. The van der Waals surface area contributed by atoms with Gasteiger partial charge in [0.05, 0.1) is 10.6 Å². The van der Waals surface area contributed by atoms with Crippen molar-refractivity contribution in [2.45, 2.75) is 63.3 Å². The molecule has 0 spiro atoms. The number of hydrogen-bond acceptors (Lipinski definition) is 11. The van der Waals surface area contributed by atoms with Crippen LogP contribution in [-0.2, 0) is 33.3 Å². The van der Waals surface area contributed by atoms with E-state index < -0.39 is 28.0 Å². The fraction of sp³-hybridized carbons (Fsp3) is 0.360. The van der Waals surface area contributed by atoms with Gasteiger partial charge in [0, 0.05) is 11.3 Å². The molecule has 0 aliphatic heterocycles. The molecule has 3 heterocycles. The molecule has 17 heteroatoms. The topological polar surface area (TPSA) is 231 Å². The first-order chi connectivity index (χ1) is 19.2. The zero-order chi connectivity index (χ0) is 30.1. The SMILES string of the molecule is CC(CCc1cccc(S(=O)(=O)[O-])c1)c1nc2c(N=Nc3nc(C#N)c(C#N)n3CC(=O)O)c(C(C)(C)C)[nH]n2n1.[K+]. The largest absolute Gasteiger partial charge is 1.00 e. The number of hydrogen-bond donors (Lipinski definition) is 2. The molecule has 1 aromatic carbocycles. The number of nitrogens with one attached hydrogen (secondary N) is 1. The van der Waals surface area contributed by atoms with Crippen molar-refractivity contribution in [2.24, 2.45) is 10.2 Å². The van der Waals surface area contributed by atoms with E-state index in [2.05, 4.69) is 30.4 Å². The summed E-state index contributed by atoms with van der Waals surface area (Å²) in [6, 6.07) is 9.43. The van der Waals surface area contributed by atoms with Crippen LogP contribution in [0.3, 0.4) is 0 Å². The van der Waals surface area contributed by atoms with Gasteiger partial charge in [-0.3, -0.25) is 14.5 Å². The molecule has 4 aromatic rings. The first-order valence-corrected chi connectivity index (χ1v) is 13.7. The molecule has 2 N–H and O–H groups in total. The number of carbonyl (C=O) groups is 1. The number of aryl methyl sites for hydroxylation is 1. The second-order valence-corrected chi connectivity index (χ2v) is 11.7. The summed E-state index contributed by atoms with van der Waals surface area (Å²) < 4.78 is 36.5. The Bertz CT molecular complexity index is 1870. The first kappa shape index (κ1) is 33.2. The average Bonchev–Trinajstić information content (AvgIpc) is 3.56. The molecule has 0 amide bonds. The molecule has 1 unspecified atom stereocenters. The maximum Gasteiger partial charge on any atom is 1.00 e. The molecule has 0 saturated heterocycles. The van der Waals surface area contributed by atoms with Gasteiger partial charge in [-0.15, -0.1) is 15.3 Å². The van der Waals surface area contributed by atoms with Crippen molar-refractivity contribution in [1.29, 1.82) is 10.5 Å². The summed E-state index contributed by atoms with van der Waals surface area (Å²) in [7, 11) is -4.55. The van der Waals surface area contributed by atoms with E-state index in [4.69, 9.17) is 0 Å². The van der Waals surface area contributed by atoms with Crippen LogP contribution in [0.15, 0.2) is 39.4 Å². The molecule has 0 aliphatic carbocycles. The summed E-state index contributed by atoms with van der Waals surface area (Å²) >= 11 is 0. The number of nitriles is 2. The molecular formula is C25H25KN10O5S. The fourth-order valence-corrected chi connectivity index (χ4v) is 4.65. The number of carboxylic acids is 1. The van der Waals surface area contributed by atoms with Crippen molar-refractivity contribution in [1.82, 2.24) is 29.4 Å². The summed E-state index contributed by atoms with van der Waals surface area (Å²) in [6.07, 6.45) is 1.03. The van der Waals surface area contributed by atoms with Crippen LogP contribution in [-0.4, -0.2) is 53.4 Å². The summed E-state index contributed by atoms with van der Waals surface area (Å²) in [5.74, 6) is -1.16. The number of aromatic nitrogens is 6. The third-order valence-electron chi connectivity index (χ3n) is 6.23. The molecule has 0 bridgehead atoms.